The molecule has 0 aromatic heterocycles. The fourth-order valence-corrected chi connectivity index (χ4v) is 1.93. The van der Waals surface area contributed by atoms with Crippen molar-refractivity contribution in [3.05, 3.63) is 39.4 Å². The van der Waals surface area contributed by atoms with Gasteiger partial charge < -0.3 is 11.1 Å². The number of nitro groups is 1. The number of rotatable bonds is 6. The smallest absolute Gasteiger partial charge is 0.305 e. The predicted octanol–water partition coefficient (Wildman–Crippen LogP) is 1.98. The standard InChI is InChI=1S/C13H17F2N3O3/c1-7(2)5-8(6-16)17-13(19)11-9(14)3-4-10(12(11)15)18(20)21/h3-4,7-8H,5-6,16H2,1-2H3,(H,17,19). The van der Waals surface area contributed by atoms with E-state index in [0.29, 0.717) is 18.6 Å². The highest BCUT2D eigenvalue weighted by Crippen LogP contribution is 2.23. The molecule has 21 heavy (non-hydrogen) atoms. The van der Waals surface area contributed by atoms with Crippen molar-refractivity contribution in [1.29, 1.82) is 0 Å². The Labute approximate surface area is 120 Å². The number of nitrogens with two attached hydrogens (primary N) is 1. The second-order valence-electron chi connectivity index (χ2n) is 5.05. The van der Waals surface area contributed by atoms with Gasteiger partial charge in [-0.05, 0) is 18.4 Å². The van der Waals surface area contributed by atoms with Crippen LogP contribution in [0.2, 0.25) is 0 Å². The Morgan fingerprint density at radius 3 is 2.52 bits per heavy atom. The summed E-state index contributed by atoms with van der Waals surface area (Å²) >= 11 is 0. The van der Waals surface area contributed by atoms with Crippen LogP contribution in [0.5, 0.6) is 0 Å². The lowest BCUT2D eigenvalue weighted by Crippen LogP contribution is -2.41. The van der Waals surface area contributed by atoms with E-state index in [4.69, 9.17) is 5.73 Å². The molecule has 0 saturated heterocycles. The molecule has 6 nitrogen and oxygen atoms in total. The van der Waals surface area contributed by atoms with Crippen LogP contribution in [-0.2, 0) is 0 Å². The van der Waals surface area contributed by atoms with E-state index in [1.165, 1.54) is 0 Å². The minimum atomic E-state index is -1.49. The van der Waals surface area contributed by atoms with Crippen molar-refractivity contribution < 1.29 is 18.5 Å². The lowest BCUT2D eigenvalue weighted by Gasteiger charge is -2.19. The van der Waals surface area contributed by atoms with Crippen LogP contribution in [0.25, 0.3) is 0 Å². The number of carbonyl (C=O) groups is 1. The maximum absolute atomic E-state index is 13.9. The van der Waals surface area contributed by atoms with Crippen LogP contribution in [0.4, 0.5) is 14.5 Å². The van der Waals surface area contributed by atoms with Crippen molar-refractivity contribution in [3.63, 3.8) is 0 Å². The first-order chi connectivity index (χ1) is 9.77. The zero-order valence-electron chi connectivity index (χ0n) is 11.7. The number of benzene rings is 1. The van der Waals surface area contributed by atoms with Crippen molar-refractivity contribution in [1.82, 2.24) is 5.32 Å². The van der Waals surface area contributed by atoms with Gasteiger partial charge >= 0.3 is 5.69 Å². The van der Waals surface area contributed by atoms with Gasteiger partial charge in [0.15, 0.2) is 0 Å². The number of halogens is 2. The highest BCUT2D eigenvalue weighted by Gasteiger charge is 2.27. The molecular weight excluding hydrogens is 284 g/mol. The number of carbonyl (C=O) groups excluding carboxylic acids is 1. The fourth-order valence-electron chi connectivity index (χ4n) is 1.93. The van der Waals surface area contributed by atoms with Gasteiger partial charge in [-0.25, -0.2) is 4.39 Å². The van der Waals surface area contributed by atoms with Gasteiger partial charge in [-0.15, -0.1) is 0 Å². The summed E-state index contributed by atoms with van der Waals surface area (Å²) in [5, 5.41) is 13.0. The first-order valence-electron chi connectivity index (χ1n) is 6.41. The summed E-state index contributed by atoms with van der Waals surface area (Å²) in [4.78, 5) is 21.6. The highest BCUT2D eigenvalue weighted by atomic mass is 19.1. The normalized spacial score (nSPS) is 12.3. The van der Waals surface area contributed by atoms with E-state index in [0.717, 1.165) is 0 Å². The van der Waals surface area contributed by atoms with Gasteiger partial charge in [0, 0.05) is 18.7 Å². The second-order valence-corrected chi connectivity index (χ2v) is 5.05. The van der Waals surface area contributed by atoms with E-state index in [-0.39, 0.29) is 12.5 Å². The molecule has 0 heterocycles. The van der Waals surface area contributed by atoms with Crippen LogP contribution in [-0.4, -0.2) is 23.4 Å². The average molecular weight is 301 g/mol. The third-order valence-electron chi connectivity index (χ3n) is 2.87. The summed E-state index contributed by atoms with van der Waals surface area (Å²) in [7, 11) is 0. The minimum absolute atomic E-state index is 0.0993. The number of nitrogens with zero attached hydrogens (tertiary/aromatic N) is 1. The highest BCUT2D eigenvalue weighted by molar-refractivity contribution is 5.95. The SMILES string of the molecule is CC(C)CC(CN)NC(=O)c1c(F)ccc([N+](=O)[O-])c1F. The van der Waals surface area contributed by atoms with Crippen molar-refractivity contribution >= 4 is 11.6 Å². The van der Waals surface area contributed by atoms with Gasteiger partial charge in [0.1, 0.15) is 11.4 Å². The van der Waals surface area contributed by atoms with Crippen LogP contribution in [0.1, 0.15) is 30.6 Å². The maximum atomic E-state index is 13.9. The molecule has 0 bridgehead atoms. The Kier molecular flexibility index (Phi) is 5.71. The number of amides is 1. The molecule has 0 aliphatic rings. The predicted molar refractivity (Wildman–Crippen MR) is 72.8 cm³/mol. The van der Waals surface area contributed by atoms with Crippen LogP contribution in [0.15, 0.2) is 12.1 Å². The summed E-state index contributed by atoms with van der Waals surface area (Å²) in [6.07, 6.45) is 0.528. The molecule has 8 heteroatoms. The zero-order valence-corrected chi connectivity index (χ0v) is 11.7. The van der Waals surface area contributed by atoms with Crippen molar-refractivity contribution in [2.75, 3.05) is 6.54 Å². The van der Waals surface area contributed by atoms with Crippen LogP contribution < -0.4 is 11.1 Å². The summed E-state index contributed by atoms with van der Waals surface area (Å²) < 4.78 is 27.5. The van der Waals surface area contributed by atoms with Crippen LogP contribution in [0.3, 0.4) is 0 Å². The molecule has 1 aromatic carbocycles. The van der Waals surface area contributed by atoms with E-state index in [1.54, 1.807) is 0 Å². The third kappa shape index (κ3) is 4.19. The molecule has 3 N–H and O–H groups in total. The Hall–Kier alpha value is -2.09. The minimum Gasteiger partial charge on any atom is -0.348 e. The van der Waals surface area contributed by atoms with Crippen molar-refractivity contribution in [3.8, 4) is 0 Å². The van der Waals surface area contributed by atoms with Gasteiger partial charge in [0.05, 0.1) is 4.92 Å². The van der Waals surface area contributed by atoms with Gasteiger partial charge in [-0.2, -0.15) is 4.39 Å². The number of nitrogens with one attached hydrogen (secondary N) is 1. The second kappa shape index (κ2) is 7.07. The van der Waals surface area contributed by atoms with E-state index in [2.05, 4.69) is 5.32 Å². The Balaban J connectivity index is 3.07. The maximum Gasteiger partial charge on any atom is 0.305 e. The molecule has 0 saturated carbocycles. The lowest BCUT2D eigenvalue weighted by atomic mass is 10.0. The van der Waals surface area contributed by atoms with Gasteiger partial charge in [-0.3, -0.25) is 14.9 Å². The molecular formula is C13H17F2N3O3. The van der Waals surface area contributed by atoms with E-state index in [9.17, 15) is 23.7 Å². The molecule has 0 fully saturated rings. The molecule has 0 spiro atoms. The lowest BCUT2D eigenvalue weighted by molar-refractivity contribution is -0.387. The summed E-state index contributed by atoms with van der Waals surface area (Å²) in [6, 6.07) is 0.905. The molecule has 116 valence electrons. The third-order valence-corrected chi connectivity index (χ3v) is 2.87. The summed E-state index contributed by atoms with van der Waals surface area (Å²) in [5.41, 5.74) is 3.58. The quantitative estimate of drug-likeness (QED) is 0.620. The molecule has 1 rings (SSSR count). The number of nitro benzene ring substituents is 1. The molecule has 0 aliphatic heterocycles. The molecule has 1 amide bonds. The topological polar surface area (TPSA) is 98.3 Å². The fraction of sp³-hybridized carbons (Fsp3) is 0.462. The zero-order chi connectivity index (χ0) is 16.2. The van der Waals surface area contributed by atoms with Crippen molar-refractivity contribution in [2.45, 2.75) is 26.3 Å². The average Bonchev–Trinajstić information content (AvgIpc) is 2.36. The van der Waals surface area contributed by atoms with E-state index < -0.39 is 39.8 Å². The van der Waals surface area contributed by atoms with Gasteiger partial charge in [0.2, 0.25) is 5.82 Å². The first-order valence-corrected chi connectivity index (χ1v) is 6.41. The molecule has 0 aliphatic carbocycles. The monoisotopic (exact) mass is 301 g/mol. The summed E-state index contributed by atoms with van der Waals surface area (Å²) in [5.74, 6) is -3.47. The molecule has 1 aromatic rings. The Bertz CT molecular complexity index is 550. The van der Waals surface area contributed by atoms with Gasteiger partial charge in [-0.1, -0.05) is 13.8 Å². The Morgan fingerprint density at radius 2 is 2.05 bits per heavy atom. The molecule has 1 atom stereocenters. The number of hydrogen-bond donors (Lipinski definition) is 2. The largest absolute Gasteiger partial charge is 0.348 e. The molecule has 0 radical (unpaired) electrons. The van der Waals surface area contributed by atoms with Crippen LogP contribution in [0, 0.1) is 27.7 Å². The van der Waals surface area contributed by atoms with E-state index in [1.807, 2.05) is 13.8 Å². The van der Waals surface area contributed by atoms with Crippen molar-refractivity contribution in [2.24, 2.45) is 11.7 Å². The van der Waals surface area contributed by atoms with Gasteiger partial charge in [0.25, 0.3) is 5.91 Å². The first kappa shape index (κ1) is 17.0. The Morgan fingerprint density at radius 1 is 1.43 bits per heavy atom. The van der Waals surface area contributed by atoms with Crippen LogP contribution >= 0.6 is 0 Å². The number of hydrogen-bond acceptors (Lipinski definition) is 4. The van der Waals surface area contributed by atoms with E-state index >= 15 is 0 Å². The summed E-state index contributed by atoms with van der Waals surface area (Å²) in [6.45, 7) is 3.91. The molecule has 1 unspecified atom stereocenters.